The lowest BCUT2D eigenvalue weighted by Crippen LogP contribution is -2.07. The summed E-state index contributed by atoms with van der Waals surface area (Å²) in [6.45, 7) is 6.15. The van der Waals surface area contributed by atoms with Gasteiger partial charge in [0.2, 0.25) is 0 Å². The normalized spacial score (nSPS) is 12.3. The number of hydrogen-bond acceptors (Lipinski definition) is 1. The van der Waals surface area contributed by atoms with Crippen LogP contribution in [0.25, 0.3) is 0 Å². The highest BCUT2D eigenvalue weighted by Gasteiger charge is 2.09. The Bertz CT molecular complexity index is 593. The summed E-state index contributed by atoms with van der Waals surface area (Å²) in [5.74, 6) is 0. The second-order valence-electron chi connectivity index (χ2n) is 4.86. The van der Waals surface area contributed by atoms with Gasteiger partial charge in [0.25, 0.3) is 0 Å². The SMILES string of the molecule is Cc1cccc(C(C)Nc2cc(Cl)c(C)cc2Cl)c1. The van der Waals surface area contributed by atoms with Crippen molar-refractivity contribution >= 4 is 28.9 Å². The molecule has 0 bridgehead atoms. The maximum Gasteiger partial charge on any atom is 0.0641 e. The van der Waals surface area contributed by atoms with Crippen LogP contribution in [0.5, 0.6) is 0 Å². The summed E-state index contributed by atoms with van der Waals surface area (Å²) < 4.78 is 0. The molecule has 0 aliphatic heterocycles. The summed E-state index contributed by atoms with van der Waals surface area (Å²) in [4.78, 5) is 0. The van der Waals surface area contributed by atoms with Crippen LogP contribution < -0.4 is 5.32 Å². The molecule has 3 heteroatoms. The van der Waals surface area contributed by atoms with Crippen molar-refractivity contribution in [1.29, 1.82) is 0 Å². The monoisotopic (exact) mass is 293 g/mol. The lowest BCUT2D eigenvalue weighted by atomic mass is 10.1. The summed E-state index contributed by atoms with van der Waals surface area (Å²) in [6.07, 6.45) is 0. The lowest BCUT2D eigenvalue weighted by Gasteiger charge is -2.18. The third-order valence-electron chi connectivity index (χ3n) is 3.16. The Hall–Kier alpha value is -1.18. The first kappa shape index (κ1) is 14.2. The van der Waals surface area contributed by atoms with Crippen molar-refractivity contribution in [3.63, 3.8) is 0 Å². The molecule has 0 amide bonds. The minimum Gasteiger partial charge on any atom is -0.377 e. The van der Waals surface area contributed by atoms with Crippen molar-refractivity contribution in [2.45, 2.75) is 26.8 Å². The highest BCUT2D eigenvalue weighted by atomic mass is 35.5. The van der Waals surface area contributed by atoms with Gasteiger partial charge >= 0.3 is 0 Å². The fourth-order valence-electron chi connectivity index (χ4n) is 2.01. The van der Waals surface area contributed by atoms with Crippen LogP contribution in [0.15, 0.2) is 36.4 Å². The Kier molecular flexibility index (Phi) is 4.38. The van der Waals surface area contributed by atoms with E-state index in [2.05, 4.69) is 43.4 Å². The van der Waals surface area contributed by atoms with Crippen LogP contribution in [0.1, 0.15) is 29.7 Å². The number of rotatable bonds is 3. The lowest BCUT2D eigenvalue weighted by molar-refractivity contribution is 0.883. The van der Waals surface area contributed by atoms with Crippen LogP contribution >= 0.6 is 23.2 Å². The van der Waals surface area contributed by atoms with E-state index in [0.29, 0.717) is 5.02 Å². The van der Waals surface area contributed by atoms with Gasteiger partial charge in [-0.2, -0.15) is 0 Å². The zero-order chi connectivity index (χ0) is 14.0. The van der Waals surface area contributed by atoms with Gasteiger partial charge in [-0.15, -0.1) is 0 Å². The van der Waals surface area contributed by atoms with E-state index in [-0.39, 0.29) is 6.04 Å². The van der Waals surface area contributed by atoms with E-state index in [1.54, 1.807) is 0 Å². The number of aryl methyl sites for hydroxylation is 2. The Balaban J connectivity index is 2.24. The second kappa shape index (κ2) is 5.85. The molecule has 0 aliphatic carbocycles. The first-order chi connectivity index (χ1) is 8.97. The maximum absolute atomic E-state index is 6.24. The highest BCUT2D eigenvalue weighted by Crippen LogP contribution is 2.31. The quantitative estimate of drug-likeness (QED) is 0.756. The number of halogens is 2. The van der Waals surface area contributed by atoms with Gasteiger partial charge in [-0.3, -0.25) is 0 Å². The van der Waals surface area contributed by atoms with Gasteiger partial charge in [0.05, 0.1) is 10.7 Å². The molecule has 1 nitrogen and oxygen atoms in total. The molecular formula is C16H17Cl2N. The molecule has 2 aromatic carbocycles. The van der Waals surface area contributed by atoms with Crippen molar-refractivity contribution in [3.8, 4) is 0 Å². The molecule has 0 saturated heterocycles. The fraction of sp³-hybridized carbons (Fsp3) is 0.250. The molecule has 0 aliphatic rings. The number of anilines is 1. The Morgan fingerprint density at radius 1 is 1.00 bits per heavy atom. The average molecular weight is 294 g/mol. The van der Waals surface area contributed by atoms with Crippen LogP contribution in [0, 0.1) is 13.8 Å². The summed E-state index contributed by atoms with van der Waals surface area (Å²) in [7, 11) is 0. The van der Waals surface area contributed by atoms with Crippen molar-refractivity contribution in [3.05, 3.63) is 63.1 Å². The zero-order valence-electron chi connectivity index (χ0n) is 11.3. The molecule has 2 rings (SSSR count). The first-order valence-corrected chi connectivity index (χ1v) is 7.01. The smallest absolute Gasteiger partial charge is 0.0641 e. The molecule has 1 atom stereocenters. The number of hydrogen-bond donors (Lipinski definition) is 1. The van der Waals surface area contributed by atoms with Crippen molar-refractivity contribution in [2.24, 2.45) is 0 Å². The van der Waals surface area contributed by atoms with Crippen molar-refractivity contribution in [1.82, 2.24) is 0 Å². The van der Waals surface area contributed by atoms with Gasteiger partial charge < -0.3 is 5.32 Å². The topological polar surface area (TPSA) is 12.0 Å². The fourth-order valence-corrected chi connectivity index (χ4v) is 2.45. The summed E-state index contributed by atoms with van der Waals surface area (Å²) in [6, 6.07) is 12.4. The number of nitrogens with one attached hydrogen (secondary N) is 1. The molecule has 0 radical (unpaired) electrons. The van der Waals surface area contributed by atoms with Crippen LogP contribution in [-0.4, -0.2) is 0 Å². The van der Waals surface area contributed by atoms with Crippen LogP contribution in [0.2, 0.25) is 10.0 Å². The summed E-state index contributed by atoms with van der Waals surface area (Å²) in [5, 5.41) is 4.83. The van der Waals surface area contributed by atoms with Crippen LogP contribution in [0.4, 0.5) is 5.69 Å². The third kappa shape index (κ3) is 3.43. The van der Waals surface area contributed by atoms with E-state index < -0.39 is 0 Å². The van der Waals surface area contributed by atoms with Crippen molar-refractivity contribution < 1.29 is 0 Å². The molecule has 19 heavy (non-hydrogen) atoms. The van der Waals surface area contributed by atoms with Gasteiger partial charge in [0.1, 0.15) is 0 Å². The van der Waals surface area contributed by atoms with Gasteiger partial charge in [-0.1, -0.05) is 53.0 Å². The van der Waals surface area contributed by atoms with Crippen LogP contribution in [-0.2, 0) is 0 Å². The number of benzene rings is 2. The highest BCUT2D eigenvalue weighted by molar-refractivity contribution is 6.35. The third-order valence-corrected chi connectivity index (χ3v) is 3.88. The molecule has 0 saturated carbocycles. The minimum atomic E-state index is 0.177. The largest absolute Gasteiger partial charge is 0.377 e. The van der Waals surface area contributed by atoms with E-state index in [1.807, 2.05) is 19.1 Å². The van der Waals surface area contributed by atoms with E-state index >= 15 is 0 Å². The first-order valence-electron chi connectivity index (χ1n) is 6.26. The van der Waals surface area contributed by atoms with E-state index in [0.717, 1.165) is 16.3 Å². The molecule has 100 valence electrons. The van der Waals surface area contributed by atoms with Crippen molar-refractivity contribution in [2.75, 3.05) is 5.32 Å². The molecule has 1 N–H and O–H groups in total. The minimum absolute atomic E-state index is 0.177. The summed E-state index contributed by atoms with van der Waals surface area (Å²) >= 11 is 12.4. The molecule has 0 spiro atoms. The van der Waals surface area contributed by atoms with E-state index in [1.165, 1.54) is 11.1 Å². The van der Waals surface area contributed by atoms with Gasteiger partial charge in [-0.05, 0) is 44.0 Å². The zero-order valence-corrected chi connectivity index (χ0v) is 12.8. The van der Waals surface area contributed by atoms with Crippen LogP contribution in [0.3, 0.4) is 0 Å². The predicted octanol–water partition coefficient (Wildman–Crippen LogP) is 5.78. The predicted molar refractivity (Wildman–Crippen MR) is 84.4 cm³/mol. The Morgan fingerprint density at radius 3 is 2.42 bits per heavy atom. The Morgan fingerprint density at radius 2 is 1.74 bits per heavy atom. The Labute approximate surface area is 124 Å². The molecule has 2 aromatic rings. The second-order valence-corrected chi connectivity index (χ2v) is 5.68. The van der Waals surface area contributed by atoms with E-state index in [9.17, 15) is 0 Å². The summed E-state index contributed by atoms with van der Waals surface area (Å²) in [5.41, 5.74) is 4.33. The van der Waals surface area contributed by atoms with Gasteiger partial charge in [0, 0.05) is 11.1 Å². The van der Waals surface area contributed by atoms with Gasteiger partial charge in [0.15, 0.2) is 0 Å². The van der Waals surface area contributed by atoms with E-state index in [4.69, 9.17) is 23.2 Å². The maximum atomic E-state index is 6.24. The molecular weight excluding hydrogens is 277 g/mol. The molecule has 0 fully saturated rings. The standard InChI is InChI=1S/C16H17Cl2N/c1-10-5-4-6-13(7-10)12(3)19-16-9-14(17)11(2)8-15(16)18/h4-9,12,19H,1-3H3. The van der Waals surface area contributed by atoms with Gasteiger partial charge in [-0.25, -0.2) is 0 Å². The molecule has 0 heterocycles. The molecule has 0 aromatic heterocycles. The average Bonchev–Trinajstić information content (AvgIpc) is 2.36. The molecule has 1 unspecified atom stereocenters.